The van der Waals surface area contributed by atoms with Crippen molar-refractivity contribution in [3.8, 4) is 0 Å². The van der Waals surface area contributed by atoms with Crippen LogP contribution in [0.2, 0.25) is 0 Å². The van der Waals surface area contributed by atoms with E-state index in [-0.39, 0.29) is 10.8 Å². The van der Waals surface area contributed by atoms with E-state index < -0.39 is 10.0 Å². The number of carbonyl (C=O) groups excluding carboxylic acids is 1. The number of sulfonamides is 1. The van der Waals surface area contributed by atoms with E-state index in [4.69, 9.17) is 4.98 Å². The minimum Gasteiger partial charge on any atom is -0.302 e. The molecule has 0 saturated carbocycles. The van der Waals surface area contributed by atoms with Crippen LogP contribution < -0.4 is 4.90 Å². The summed E-state index contributed by atoms with van der Waals surface area (Å²) in [6, 6.07) is 10.6. The SMILES string of the molecule is CCN(CC)CCN(C(=O)c1ccc(S(=O)(=O)N2CCCCCC2)cc1)c1nc2cc(C)c(C)cc2s1. The van der Waals surface area contributed by atoms with Gasteiger partial charge in [0.15, 0.2) is 5.13 Å². The van der Waals surface area contributed by atoms with Gasteiger partial charge in [-0.05, 0) is 87.3 Å². The zero-order chi connectivity index (χ0) is 26.6. The number of hydrogen-bond acceptors (Lipinski definition) is 6. The number of likely N-dealkylation sites (N-methyl/N-ethyl adjacent to an activating group) is 1. The highest BCUT2D eigenvalue weighted by Crippen LogP contribution is 2.32. The Morgan fingerprint density at radius 2 is 1.57 bits per heavy atom. The van der Waals surface area contributed by atoms with Crippen LogP contribution in [-0.4, -0.2) is 67.8 Å². The van der Waals surface area contributed by atoms with Crippen molar-refractivity contribution in [2.45, 2.75) is 58.3 Å². The summed E-state index contributed by atoms with van der Waals surface area (Å²) in [4.78, 5) is 22.8. The number of nitrogens with zero attached hydrogens (tertiary/aromatic N) is 4. The molecule has 1 aromatic heterocycles. The summed E-state index contributed by atoms with van der Waals surface area (Å²) >= 11 is 1.52. The van der Waals surface area contributed by atoms with Crippen LogP contribution in [-0.2, 0) is 10.0 Å². The normalized spacial score (nSPS) is 15.3. The second-order valence-electron chi connectivity index (χ2n) is 9.73. The van der Waals surface area contributed by atoms with Gasteiger partial charge >= 0.3 is 0 Å². The maximum Gasteiger partial charge on any atom is 0.260 e. The molecule has 2 aromatic carbocycles. The molecule has 9 heteroatoms. The van der Waals surface area contributed by atoms with E-state index in [9.17, 15) is 13.2 Å². The van der Waals surface area contributed by atoms with Gasteiger partial charge in [0.1, 0.15) is 0 Å². The Kier molecular flexibility index (Phi) is 9.00. The molecule has 0 bridgehead atoms. The van der Waals surface area contributed by atoms with Crippen molar-refractivity contribution in [3.05, 3.63) is 53.1 Å². The number of hydrogen-bond donors (Lipinski definition) is 0. The highest BCUT2D eigenvalue weighted by atomic mass is 32.2. The first-order chi connectivity index (χ1) is 17.7. The Balaban J connectivity index is 1.62. The second kappa shape index (κ2) is 12.0. The van der Waals surface area contributed by atoms with Gasteiger partial charge < -0.3 is 4.90 Å². The third kappa shape index (κ3) is 6.22. The maximum absolute atomic E-state index is 13.8. The number of anilines is 1. The first-order valence-electron chi connectivity index (χ1n) is 13.3. The molecule has 7 nitrogen and oxygen atoms in total. The van der Waals surface area contributed by atoms with Crippen molar-refractivity contribution >= 4 is 42.6 Å². The number of aromatic nitrogens is 1. The molecule has 1 saturated heterocycles. The van der Waals surface area contributed by atoms with Crippen LogP contribution in [0.1, 0.15) is 61.0 Å². The molecule has 3 aromatic rings. The quantitative estimate of drug-likeness (QED) is 0.359. The first-order valence-corrected chi connectivity index (χ1v) is 15.5. The zero-order valence-electron chi connectivity index (χ0n) is 22.4. The smallest absolute Gasteiger partial charge is 0.260 e. The predicted octanol–water partition coefficient (Wildman–Crippen LogP) is 5.47. The molecule has 0 radical (unpaired) electrons. The second-order valence-corrected chi connectivity index (χ2v) is 12.7. The molecule has 1 aliphatic heterocycles. The van der Waals surface area contributed by atoms with Gasteiger partial charge in [0, 0.05) is 31.7 Å². The Hall–Kier alpha value is -2.33. The molecule has 0 atom stereocenters. The minimum absolute atomic E-state index is 0.168. The number of fused-ring (bicyclic) bond motifs is 1. The fourth-order valence-corrected chi connectivity index (χ4v) is 7.29. The van der Waals surface area contributed by atoms with Gasteiger partial charge in [-0.1, -0.05) is 38.0 Å². The Labute approximate surface area is 225 Å². The van der Waals surface area contributed by atoms with Gasteiger partial charge in [-0.2, -0.15) is 4.31 Å². The van der Waals surface area contributed by atoms with Crippen LogP contribution >= 0.6 is 11.3 Å². The summed E-state index contributed by atoms with van der Waals surface area (Å²) in [5.41, 5.74) is 3.72. The van der Waals surface area contributed by atoms with Crippen LogP contribution in [0.5, 0.6) is 0 Å². The van der Waals surface area contributed by atoms with E-state index in [1.54, 1.807) is 33.5 Å². The molecule has 1 fully saturated rings. The topological polar surface area (TPSA) is 73.8 Å². The van der Waals surface area contributed by atoms with Gasteiger partial charge in [0.25, 0.3) is 5.91 Å². The van der Waals surface area contributed by atoms with Gasteiger partial charge in [-0.25, -0.2) is 13.4 Å². The largest absolute Gasteiger partial charge is 0.302 e. The monoisotopic (exact) mass is 542 g/mol. The van der Waals surface area contributed by atoms with Crippen LogP contribution in [0.3, 0.4) is 0 Å². The number of amides is 1. The molecule has 4 rings (SSSR count). The lowest BCUT2D eigenvalue weighted by atomic mass is 10.1. The van der Waals surface area contributed by atoms with Crippen molar-refractivity contribution in [2.24, 2.45) is 0 Å². The van der Waals surface area contributed by atoms with Crippen LogP contribution in [0.4, 0.5) is 5.13 Å². The molecule has 0 unspecified atom stereocenters. The van der Waals surface area contributed by atoms with E-state index in [1.165, 1.54) is 22.5 Å². The molecular weight excluding hydrogens is 504 g/mol. The molecule has 1 aliphatic rings. The average Bonchev–Trinajstić information content (AvgIpc) is 3.09. The average molecular weight is 543 g/mol. The van der Waals surface area contributed by atoms with E-state index >= 15 is 0 Å². The van der Waals surface area contributed by atoms with Gasteiger partial charge in [0.2, 0.25) is 10.0 Å². The number of carbonyl (C=O) groups is 1. The van der Waals surface area contributed by atoms with E-state index in [0.717, 1.165) is 55.5 Å². The van der Waals surface area contributed by atoms with Crippen molar-refractivity contribution in [3.63, 3.8) is 0 Å². The number of rotatable bonds is 9. The van der Waals surface area contributed by atoms with Gasteiger partial charge in [-0.15, -0.1) is 0 Å². The number of thiazole rings is 1. The highest BCUT2D eigenvalue weighted by molar-refractivity contribution is 7.89. The fraction of sp³-hybridized carbons (Fsp3) is 0.500. The van der Waals surface area contributed by atoms with Gasteiger partial charge in [-0.3, -0.25) is 9.69 Å². The highest BCUT2D eigenvalue weighted by Gasteiger charge is 2.27. The number of aryl methyl sites for hydroxylation is 2. The van der Waals surface area contributed by atoms with Crippen molar-refractivity contribution in [1.29, 1.82) is 0 Å². The Bertz CT molecular complexity index is 1280. The third-order valence-corrected chi connectivity index (χ3v) is 10.3. The molecule has 0 N–H and O–H groups in total. The van der Waals surface area contributed by atoms with Crippen LogP contribution in [0, 0.1) is 13.8 Å². The lowest BCUT2D eigenvalue weighted by molar-refractivity contribution is 0.0983. The summed E-state index contributed by atoms with van der Waals surface area (Å²) < 4.78 is 29.0. The Morgan fingerprint density at radius 3 is 2.19 bits per heavy atom. The molecule has 0 aliphatic carbocycles. The lowest BCUT2D eigenvalue weighted by Gasteiger charge is -2.25. The fourth-order valence-electron chi connectivity index (χ4n) is 4.70. The third-order valence-electron chi connectivity index (χ3n) is 7.31. The predicted molar refractivity (Wildman–Crippen MR) is 152 cm³/mol. The van der Waals surface area contributed by atoms with E-state index in [1.807, 2.05) is 0 Å². The van der Waals surface area contributed by atoms with Crippen molar-refractivity contribution in [1.82, 2.24) is 14.2 Å². The van der Waals surface area contributed by atoms with Crippen molar-refractivity contribution in [2.75, 3.05) is 44.2 Å². The maximum atomic E-state index is 13.8. The van der Waals surface area contributed by atoms with Crippen LogP contribution in [0.25, 0.3) is 10.2 Å². The van der Waals surface area contributed by atoms with E-state index in [2.05, 4.69) is 44.7 Å². The summed E-state index contributed by atoms with van der Waals surface area (Å²) in [6.45, 7) is 12.5. The van der Waals surface area contributed by atoms with Crippen molar-refractivity contribution < 1.29 is 13.2 Å². The first kappa shape index (κ1) is 27.7. The summed E-state index contributed by atoms with van der Waals surface area (Å²) in [5.74, 6) is -0.168. The zero-order valence-corrected chi connectivity index (χ0v) is 24.0. The molecule has 200 valence electrons. The van der Waals surface area contributed by atoms with Gasteiger partial charge in [0.05, 0.1) is 15.1 Å². The molecule has 2 heterocycles. The summed E-state index contributed by atoms with van der Waals surface area (Å²) in [6.07, 6.45) is 3.90. The van der Waals surface area contributed by atoms with E-state index in [0.29, 0.717) is 30.3 Å². The molecule has 0 spiro atoms. The summed E-state index contributed by atoms with van der Waals surface area (Å²) in [5, 5.41) is 0.665. The minimum atomic E-state index is -3.56. The molecule has 37 heavy (non-hydrogen) atoms. The lowest BCUT2D eigenvalue weighted by Crippen LogP contribution is -2.39. The van der Waals surface area contributed by atoms with Crippen LogP contribution in [0.15, 0.2) is 41.3 Å². The summed E-state index contributed by atoms with van der Waals surface area (Å²) in [7, 11) is -3.56. The molecule has 1 amide bonds. The Morgan fingerprint density at radius 1 is 0.946 bits per heavy atom. The number of benzene rings is 2. The molecular formula is C28H38N4O3S2. The standard InChI is InChI=1S/C28H38N4O3S2/c1-5-30(6-2)17-18-32(28-29-25-19-21(3)22(4)20-26(25)36-28)27(33)23-11-13-24(14-12-23)37(34,35)31-15-9-7-8-10-16-31/h11-14,19-20H,5-10,15-18H2,1-4H3.